The lowest BCUT2D eigenvalue weighted by Gasteiger charge is -2.15. The monoisotopic (exact) mass is 517 g/mol. The lowest BCUT2D eigenvalue weighted by molar-refractivity contribution is -0.121. The predicted molar refractivity (Wildman–Crippen MR) is 144 cm³/mol. The second-order valence-corrected chi connectivity index (χ2v) is 9.47. The van der Waals surface area contributed by atoms with Crippen LogP contribution in [0, 0.1) is 0 Å². The van der Waals surface area contributed by atoms with Crippen molar-refractivity contribution in [2.45, 2.75) is 26.7 Å². The summed E-state index contributed by atoms with van der Waals surface area (Å²) in [4.78, 5) is 14.7. The number of carbonyl (C=O) groups is 1. The molecule has 0 bridgehead atoms. The van der Waals surface area contributed by atoms with E-state index in [2.05, 4.69) is 25.6 Å². The van der Waals surface area contributed by atoms with Gasteiger partial charge in [-0.25, -0.2) is 0 Å². The first-order valence-electron chi connectivity index (χ1n) is 11.1. The van der Waals surface area contributed by atoms with Gasteiger partial charge in [0, 0.05) is 13.0 Å². The second-order valence-electron chi connectivity index (χ2n) is 7.39. The zero-order valence-corrected chi connectivity index (χ0v) is 21.7. The van der Waals surface area contributed by atoms with Crippen LogP contribution >= 0.6 is 35.6 Å². The van der Waals surface area contributed by atoms with E-state index < -0.39 is 0 Å². The summed E-state index contributed by atoms with van der Waals surface area (Å²) < 4.78 is 18.0. The lowest BCUT2D eigenvalue weighted by atomic mass is 10.1. The number of ether oxygens (including phenoxy) is 3. The smallest absolute Gasteiger partial charge is 0.266 e. The number of halogens is 1. The zero-order valence-electron chi connectivity index (χ0n) is 19.3. The maximum absolute atomic E-state index is 12.6. The molecule has 1 aliphatic heterocycles. The lowest BCUT2D eigenvalue weighted by Crippen LogP contribution is -2.27. The quantitative estimate of drug-likeness (QED) is 0.138. The Kier molecular flexibility index (Phi) is 9.86. The van der Waals surface area contributed by atoms with Crippen LogP contribution in [0.1, 0.15) is 31.4 Å². The van der Waals surface area contributed by atoms with Crippen LogP contribution in [0.3, 0.4) is 0 Å². The van der Waals surface area contributed by atoms with E-state index in [1.807, 2.05) is 25.1 Å². The van der Waals surface area contributed by atoms with Gasteiger partial charge in [0.2, 0.25) is 0 Å². The van der Waals surface area contributed by atoms with Gasteiger partial charge in [0.1, 0.15) is 10.1 Å². The molecule has 0 atom stereocenters. The molecule has 2 aromatic carbocycles. The molecule has 0 unspecified atom stereocenters. The molecule has 2 aromatic rings. The van der Waals surface area contributed by atoms with Crippen LogP contribution in [0.5, 0.6) is 17.2 Å². The van der Waals surface area contributed by atoms with Crippen molar-refractivity contribution in [2.24, 2.45) is 0 Å². The average Bonchev–Trinajstić information content (AvgIpc) is 3.08. The Morgan fingerprint density at radius 2 is 1.85 bits per heavy atom. The molecule has 8 heteroatoms. The first kappa shape index (κ1) is 26.1. The van der Waals surface area contributed by atoms with Crippen molar-refractivity contribution in [3.05, 3.63) is 70.1 Å². The van der Waals surface area contributed by atoms with E-state index in [-0.39, 0.29) is 5.91 Å². The fraction of sp³-hybridized carbons (Fsp3) is 0.308. The Labute approximate surface area is 215 Å². The summed E-state index contributed by atoms with van der Waals surface area (Å²) >= 11 is 13.1. The van der Waals surface area contributed by atoms with Crippen molar-refractivity contribution in [1.82, 2.24) is 4.90 Å². The third kappa shape index (κ3) is 6.78. The number of thiocarbonyl (C=S) groups is 1. The second kappa shape index (κ2) is 12.8. The van der Waals surface area contributed by atoms with Crippen LogP contribution in [0.4, 0.5) is 0 Å². The SMILES string of the molecule is C=CCN1C(=O)/C(=C\c2cc(Cl)c(OCCCOc3ccc(CC)cc3)c(OCC)c2)SC1=S. The number of rotatable bonds is 12. The highest BCUT2D eigenvalue weighted by molar-refractivity contribution is 8.26. The molecule has 0 radical (unpaired) electrons. The number of aryl methyl sites for hydroxylation is 1. The largest absolute Gasteiger partial charge is 0.493 e. The summed E-state index contributed by atoms with van der Waals surface area (Å²) in [5.74, 6) is 1.70. The Balaban J connectivity index is 1.63. The summed E-state index contributed by atoms with van der Waals surface area (Å²) in [7, 11) is 0. The van der Waals surface area contributed by atoms with E-state index in [1.54, 1.807) is 18.2 Å². The molecule has 1 fully saturated rings. The van der Waals surface area contributed by atoms with Crippen molar-refractivity contribution in [1.29, 1.82) is 0 Å². The van der Waals surface area contributed by atoms with Crippen LogP contribution in [0.15, 0.2) is 54.0 Å². The first-order chi connectivity index (χ1) is 16.5. The fourth-order valence-corrected chi connectivity index (χ4v) is 4.81. The molecule has 180 valence electrons. The molecule has 0 spiro atoms. The van der Waals surface area contributed by atoms with Gasteiger partial charge in [-0.2, -0.15) is 0 Å². The third-order valence-corrected chi connectivity index (χ3v) is 6.61. The molecule has 1 saturated heterocycles. The van der Waals surface area contributed by atoms with Gasteiger partial charge in [0.05, 0.1) is 29.7 Å². The molecule has 1 amide bonds. The number of amides is 1. The summed E-state index contributed by atoms with van der Waals surface area (Å²) in [6.07, 6.45) is 5.10. The summed E-state index contributed by atoms with van der Waals surface area (Å²) in [6, 6.07) is 11.7. The molecule has 34 heavy (non-hydrogen) atoms. The van der Waals surface area contributed by atoms with Crippen molar-refractivity contribution < 1.29 is 19.0 Å². The zero-order chi connectivity index (χ0) is 24.5. The van der Waals surface area contributed by atoms with Crippen LogP contribution in [-0.4, -0.2) is 41.5 Å². The molecule has 0 N–H and O–H groups in total. The van der Waals surface area contributed by atoms with Crippen molar-refractivity contribution in [3.8, 4) is 17.2 Å². The molecular formula is C26H28ClNO4S2. The molecule has 0 aliphatic carbocycles. The molecule has 0 saturated carbocycles. The number of nitrogens with zero attached hydrogens (tertiary/aromatic N) is 1. The van der Waals surface area contributed by atoms with Crippen LogP contribution in [-0.2, 0) is 11.2 Å². The van der Waals surface area contributed by atoms with Gasteiger partial charge in [0.15, 0.2) is 11.5 Å². The number of benzene rings is 2. The highest BCUT2D eigenvalue weighted by atomic mass is 35.5. The van der Waals surface area contributed by atoms with E-state index in [0.29, 0.717) is 58.5 Å². The van der Waals surface area contributed by atoms with Gasteiger partial charge in [0.25, 0.3) is 5.91 Å². The maximum atomic E-state index is 12.6. The fourth-order valence-electron chi connectivity index (χ4n) is 3.26. The van der Waals surface area contributed by atoms with Gasteiger partial charge in [-0.3, -0.25) is 9.69 Å². The van der Waals surface area contributed by atoms with Gasteiger partial charge in [-0.1, -0.05) is 60.7 Å². The predicted octanol–water partition coefficient (Wildman–Crippen LogP) is 6.54. The van der Waals surface area contributed by atoms with Crippen molar-refractivity contribution in [3.63, 3.8) is 0 Å². The number of hydrogen-bond donors (Lipinski definition) is 0. The Morgan fingerprint density at radius 3 is 2.53 bits per heavy atom. The van der Waals surface area contributed by atoms with Crippen LogP contribution in [0.25, 0.3) is 6.08 Å². The summed E-state index contributed by atoms with van der Waals surface area (Å²) in [5, 5.41) is 0.412. The van der Waals surface area contributed by atoms with Gasteiger partial charge >= 0.3 is 0 Å². The minimum Gasteiger partial charge on any atom is -0.493 e. The van der Waals surface area contributed by atoms with E-state index in [9.17, 15) is 4.79 Å². The topological polar surface area (TPSA) is 48.0 Å². The Morgan fingerprint density at radius 1 is 1.12 bits per heavy atom. The average molecular weight is 518 g/mol. The van der Waals surface area contributed by atoms with E-state index in [0.717, 1.165) is 17.7 Å². The number of carbonyl (C=O) groups excluding carboxylic acids is 1. The number of thioether (sulfide) groups is 1. The molecule has 1 heterocycles. The highest BCUT2D eigenvalue weighted by Crippen LogP contribution is 2.39. The van der Waals surface area contributed by atoms with E-state index >= 15 is 0 Å². The van der Waals surface area contributed by atoms with Crippen LogP contribution in [0.2, 0.25) is 5.02 Å². The highest BCUT2D eigenvalue weighted by Gasteiger charge is 2.31. The van der Waals surface area contributed by atoms with Gasteiger partial charge in [-0.15, -0.1) is 6.58 Å². The molecule has 1 aliphatic rings. The normalized spacial score (nSPS) is 14.6. The van der Waals surface area contributed by atoms with Gasteiger partial charge < -0.3 is 14.2 Å². The molecular weight excluding hydrogens is 490 g/mol. The Bertz CT molecular complexity index is 1070. The minimum absolute atomic E-state index is 0.145. The third-order valence-electron chi connectivity index (χ3n) is 4.95. The number of hydrogen-bond acceptors (Lipinski definition) is 6. The van der Waals surface area contributed by atoms with Crippen molar-refractivity contribution >= 4 is 51.9 Å². The maximum Gasteiger partial charge on any atom is 0.266 e. The molecule has 3 rings (SSSR count). The Hall–Kier alpha value is -2.48. The summed E-state index contributed by atoms with van der Waals surface area (Å²) in [5.41, 5.74) is 2.01. The standard InChI is InChI=1S/C26H28ClNO4S2/c1-4-12-28-25(29)23(34-26(28)33)17-19-15-21(27)24(22(16-19)30-6-3)32-14-7-13-31-20-10-8-18(5-2)9-11-20/h4,8-11,15-17H,1,5-7,12-14H2,2-3H3/b23-17+. The summed E-state index contributed by atoms with van der Waals surface area (Å²) in [6.45, 7) is 9.47. The van der Waals surface area contributed by atoms with Gasteiger partial charge in [-0.05, 0) is 54.8 Å². The minimum atomic E-state index is -0.145. The van der Waals surface area contributed by atoms with Crippen LogP contribution < -0.4 is 14.2 Å². The first-order valence-corrected chi connectivity index (χ1v) is 12.7. The van der Waals surface area contributed by atoms with E-state index in [4.69, 9.17) is 38.0 Å². The van der Waals surface area contributed by atoms with E-state index in [1.165, 1.54) is 22.2 Å². The molecule has 0 aromatic heterocycles. The molecule has 5 nitrogen and oxygen atoms in total. The van der Waals surface area contributed by atoms with Crippen molar-refractivity contribution in [2.75, 3.05) is 26.4 Å².